The molecule has 1 atom stereocenters. The number of hydrogen-bond donors (Lipinski definition) is 1. The standard InChI is InChI=1S/C11H18N2OS/c1-7(2)8(3)12-11(14)5-10-6-15-9(4)13-10/h6-8H,5H2,1-4H3,(H,12,14). The van der Waals surface area contributed by atoms with E-state index in [2.05, 4.69) is 24.1 Å². The van der Waals surface area contributed by atoms with Crippen LogP contribution in [0.25, 0.3) is 0 Å². The molecular weight excluding hydrogens is 208 g/mol. The third-order valence-electron chi connectivity index (χ3n) is 2.40. The summed E-state index contributed by atoms with van der Waals surface area (Å²) in [6.07, 6.45) is 0.390. The lowest BCUT2D eigenvalue weighted by Gasteiger charge is -2.16. The molecule has 3 nitrogen and oxygen atoms in total. The zero-order chi connectivity index (χ0) is 11.4. The van der Waals surface area contributed by atoms with E-state index in [-0.39, 0.29) is 11.9 Å². The molecule has 0 saturated carbocycles. The van der Waals surface area contributed by atoms with Gasteiger partial charge in [-0.25, -0.2) is 4.98 Å². The number of carbonyl (C=O) groups is 1. The summed E-state index contributed by atoms with van der Waals surface area (Å²) in [6.45, 7) is 8.16. The fourth-order valence-electron chi connectivity index (χ4n) is 1.13. The molecule has 1 N–H and O–H groups in total. The molecule has 0 aliphatic heterocycles. The first-order valence-electron chi connectivity index (χ1n) is 5.19. The average Bonchev–Trinajstić information content (AvgIpc) is 2.50. The number of nitrogens with zero attached hydrogens (tertiary/aromatic N) is 1. The summed E-state index contributed by atoms with van der Waals surface area (Å²) >= 11 is 1.58. The summed E-state index contributed by atoms with van der Waals surface area (Å²) in [5.41, 5.74) is 0.867. The molecule has 84 valence electrons. The van der Waals surface area contributed by atoms with Crippen molar-refractivity contribution in [3.8, 4) is 0 Å². The monoisotopic (exact) mass is 226 g/mol. The van der Waals surface area contributed by atoms with Gasteiger partial charge in [-0.05, 0) is 19.8 Å². The molecule has 1 rings (SSSR count). The summed E-state index contributed by atoms with van der Waals surface area (Å²) < 4.78 is 0. The van der Waals surface area contributed by atoms with Crippen molar-refractivity contribution in [3.63, 3.8) is 0 Å². The smallest absolute Gasteiger partial charge is 0.226 e. The van der Waals surface area contributed by atoms with Crippen molar-refractivity contribution in [2.24, 2.45) is 5.92 Å². The van der Waals surface area contributed by atoms with Gasteiger partial charge in [-0.15, -0.1) is 11.3 Å². The highest BCUT2D eigenvalue weighted by molar-refractivity contribution is 7.09. The van der Waals surface area contributed by atoms with Crippen molar-refractivity contribution in [1.82, 2.24) is 10.3 Å². The van der Waals surface area contributed by atoms with E-state index in [4.69, 9.17) is 0 Å². The van der Waals surface area contributed by atoms with Crippen molar-refractivity contribution in [3.05, 3.63) is 16.1 Å². The van der Waals surface area contributed by atoms with Gasteiger partial charge < -0.3 is 5.32 Å². The van der Waals surface area contributed by atoms with E-state index >= 15 is 0 Å². The SMILES string of the molecule is Cc1nc(CC(=O)NC(C)C(C)C)cs1. The number of rotatable bonds is 4. The van der Waals surface area contributed by atoms with Crippen LogP contribution in [0.15, 0.2) is 5.38 Å². The summed E-state index contributed by atoms with van der Waals surface area (Å²) in [4.78, 5) is 15.9. The van der Waals surface area contributed by atoms with Crippen molar-refractivity contribution in [1.29, 1.82) is 0 Å². The summed E-state index contributed by atoms with van der Waals surface area (Å²) in [6, 6.07) is 0.220. The Morgan fingerprint density at radius 1 is 1.53 bits per heavy atom. The molecule has 1 amide bonds. The second kappa shape index (κ2) is 5.26. The van der Waals surface area contributed by atoms with E-state index in [0.717, 1.165) is 10.7 Å². The van der Waals surface area contributed by atoms with Gasteiger partial charge in [-0.2, -0.15) is 0 Å². The minimum atomic E-state index is 0.0569. The maximum Gasteiger partial charge on any atom is 0.226 e. The molecule has 0 bridgehead atoms. The van der Waals surface area contributed by atoms with Crippen LogP contribution in [0.5, 0.6) is 0 Å². The topological polar surface area (TPSA) is 42.0 Å². The zero-order valence-corrected chi connectivity index (χ0v) is 10.5. The molecule has 1 heterocycles. The van der Waals surface area contributed by atoms with E-state index in [1.807, 2.05) is 19.2 Å². The fourth-order valence-corrected chi connectivity index (χ4v) is 1.74. The molecule has 0 fully saturated rings. The average molecular weight is 226 g/mol. The number of carbonyl (C=O) groups excluding carboxylic acids is 1. The number of amides is 1. The third-order valence-corrected chi connectivity index (χ3v) is 3.22. The van der Waals surface area contributed by atoms with Crippen LogP contribution in [0, 0.1) is 12.8 Å². The van der Waals surface area contributed by atoms with Crippen LogP contribution in [-0.4, -0.2) is 16.9 Å². The Balaban J connectivity index is 2.43. The number of hydrogen-bond acceptors (Lipinski definition) is 3. The third kappa shape index (κ3) is 4.00. The number of thiazole rings is 1. The molecule has 4 heteroatoms. The van der Waals surface area contributed by atoms with Gasteiger partial charge in [-0.1, -0.05) is 13.8 Å². The molecule has 0 aliphatic rings. The van der Waals surface area contributed by atoms with Crippen molar-refractivity contribution < 1.29 is 4.79 Å². The van der Waals surface area contributed by atoms with Gasteiger partial charge in [0, 0.05) is 11.4 Å². The largest absolute Gasteiger partial charge is 0.353 e. The van der Waals surface area contributed by atoms with Gasteiger partial charge >= 0.3 is 0 Å². The Bertz CT molecular complexity index is 333. The van der Waals surface area contributed by atoms with Crippen LogP contribution in [0.1, 0.15) is 31.5 Å². The molecule has 0 aliphatic carbocycles. The normalized spacial score (nSPS) is 12.9. The lowest BCUT2D eigenvalue weighted by Crippen LogP contribution is -2.37. The minimum Gasteiger partial charge on any atom is -0.353 e. The van der Waals surface area contributed by atoms with Gasteiger partial charge in [-0.3, -0.25) is 4.79 Å². The van der Waals surface area contributed by atoms with E-state index in [9.17, 15) is 4.79 Å². The summed E-state index contributed by atoms with van der Waals surface area (Å²) in [5, 5.41) is 5.91. The van der Waals surface area contributed by atoms with E-state index in [0.29, 0.717) is 12.3 Å². The van der Waals surface area contributed by atoms with Crippen LogP contribution in [0.2, 0.25) is 0 Å². The zero-order valence-electron chi connectivity index (χ0n) is 9.70. The lowest BCUT2D eigenvalue weighted by atomic mass is 10.1. The number of aromatic nitrogens is 1. The van der Waals surface area contributed by atoms with Crippen LogP contribution < -0.4 is 5.32 Å². The first-order chi connectivity index (χ1) is 6.99. The maximum atomic E-state index is 11.6. The Kier molecular flexibility index (Phi) is 4.27. The first kappa shape index (κ1) is 12.2. The molecule has 1 unspecified atom stereocenters. The molecule has 0 saturated heterocycles. The second-order valence-electron chi connectivity index (χ2n) is 4.13. The van der Waals surface area contributed by atoms with Crippen LogP contribution in [0.4, 0.5) is 0 Å². The van der Waals surface area contributed by atoms with Gasteiger partial charge in [0.05, 0.1) is 17.1 Å². The van der Waals surface area contributed by atoms with Crippen LogP contribution in [0.3, 0.4) is 0 Å². The highest BCUT2D eigenvalue weighted by Crippen LogP contribution is 2.08. The Labute approximate surface area is 94.9 Å². The Morgan fingerprint density at radius 2 is 2.20 bits per heavy atom. The molecule has 1 aromatic heterocycles. The fraction of sp³-hybridized carbons (Fsp3) is 0.636. The van der Waals surface area contributed by atoms with Gasteiger partial charge in [0.15, 0.2) is 0 Å². The van der Waals surface area contributed by atoms with Gasteiger partial charge in [0.2, 0.25) is 5.91 Å². The lowest BCUT2D eigenvalue weighted by molar-refractivity contribution is -0.121. The molecular formula is C11H18N2OS. The number of nitrogens with one attached hydrogen (secondary N) is 1. The molecule has 15 heavy (non-hydrogen) atoms. The van der Waals surface area contributed by atoms with Gasteiger partial charge in [0.1, 0.15) is 0 Å². The van der Waals surface area contributed by atoms with E-state index in [1.54, 1.807) is 11.3 Å². The number of aryl methyl sites for hydroxylation is 1. The van der Waals surface area contributed by atoms with Crippen molar-refractivity contribution in [2.45, 2.75) is 40.2 Å². The molecule has 0 radical (unpaired) electrons. The second-order valence-corrected chi connectivity index (χ2v) is 5.20. The highest BCUT2D eigenvalue weighted by atomic mass is 32.1. The molecule has 0 aromatic carbocycles. The predicted octanol–water partition coefficient (Wildman–Crippen LogP) is 2.15. The Morgan fingerprint density at radius 3 is 2.67 bits per heavy atom. The molecule has 1 aromatic rings. The quantitative estimate of drug-likeness (QED) is 0.854. The summed E-state index contributed by atoms with van der Waals surface area (Å²) in [5.74, 6) is 0.521. The Hall–Kier alpha value is -0.900. The van der Waals surface area contributed by atoms with E-state index < -0.39 is 0 Å². The summed E-state index contributed by atoms with van der Waals surface area (Å²) in [7, 11) is 0. The van der Waals surface area contributed by atoms with Gasteiger partial charge in [0.25, 0.3) is 0 Å². The maximum absolute atomic E-state index is 11.6. The predicted molar refractivity (Wildman–Crippen MR) is 63.0 cm³/mol. The van der Waals surface area contributed by atoms with E-state index in [1.165, 1.54) is 0 Å². The van der Waals surface area contributed by atoms with Crippen LogP contribution in [-0.2, 0) is 11.2 Å². The van der Waals surface area contributed by atoms with Crippen molar-refractivity contribution >= 4 is 17.2 Å². The van der Waals surface area contributed by atoms with Crippen LogP contribution >= 0.6 is 11.3 Å². The minimum absolute atomic E-state index is 0.0569. The highest BCUT2D eigenvalue weighted by Gasteiger charge is 2.12. The molecule has 0 spiro atoms. The first-order valence-corrected chi connectivity index (χ1v) is 6.07. The van der Waals surface area contributed by atoms with Crippen molar-refractivity contribution in [2.75, 3.05) is 0 Å².